The van der Waals surface area contributed by atoms with Crippen molar-refractivity contribution < 1.29 is 28.8 Å². The molecule has 0 aliphatic carbocycles. The molecule has 2 aliphatic rings. The molecule has 2 saturated heterocycles. The number of rotatable bonds is 7. The highest BCUT2D eigenvalue weighted by Gasteiger charge is 2.51. The van der Waals surface area contributed by atoms with Crippen LogP contribution in [0.1, 0.15) is 40.5 Å². The number of hydrogen-bond donors (Lipinski definition) is 1. The van der Waals surface area contributed by atoms with E-state index >= 15 is 0 Å². The third-order valence-electron chi connectivity index (χ3n) is 4.40. The molecule has 0 bridgehead atoms. The molecule has 6 nitrogen and oxygen atoms in total. The highest BCUT2D eigenvalue weighted by molar-refractivity contribution is 5.82. The smallest absolute Gasteiger partial charge is 0.330 e. The summed E-state index contributed by atoms with van der Waals surface area (Å²) in [5, 5.41) is 8.90. The first-order valence-corrected chi connectivity index (χ1v) is 8.93. The maximum Gasteiger partial charge on any atom is 0.330 e. The zero-order valence-electron chi connectivity index (χ0n) is 15.6. The van der Waals surface area contributed by atoms with Crippen molar-refractivity contribution in [1.29, 1.82) is 0 Å². The molecule has 25 heavy (non-hydrogen) atoms. The summed E-state index contributed by atoms with van der Waals surface area (Å²) in [6.45, 7) is 8.45. The molecule has 142 valence electrons. The van der Waals surface area contributed by atoms with E-state index in [0.717, 1.165) is 12.0 Å². The minimum atomic E-state index is -0.654. The summed E-state index contributed by atoms with van der Waals surface area (Å²) >= 11 is 0. The number of fused-ring (bicyclic) bond motifs is 1. The summed E-state index contributed by atoms with van der Waals surface area (Å²) in [4.78, 5) is 11.6. The Hall–Kier alpha value is -1.21. The summed E-state index contributed by atoms with van der Waals surface area (Å²) in [6, 6.07) is 0. The van der Waals surface area contributed by atoms with Gasteiger partial charge >= 0.3 is 5.97 Å². The number of ether oxygens (including phenoxy) is 4. The van der Waals surface area contributed by atoms with E-state index in [1.807, 2.05) is 26.8 Å². The molecule has 2 fully saturated rings. The Morgan fingerprint density at radius 2 is 2.00 bits per heavy atom. The first-order valence-electron chi connectivity index (χ1n) is 8.93. The van der Waals surface area contributed by atoms with Gasteiger partial charge in [-0.15, -0.1) is 0 Å². The van der Waals surface area contributed by atoms with Crippen molar-refractivity contribution in [1.82, 2.24) is 0 Å². The maximum absolute atomic E-state index is 11.6. The maximum atomic E-state index is 11.6. The molecule has 0 spiro atoms. The SMILES string of the molecule is CCOC(=O)/C=C(\C)C[C@@H]1OC[C@H](C/C=C/CO)[C@H]2OC(C)(C)O[C@H]21. The molecular weight excluding hydrogens is 324 g/mol. The van der Waals surface area contributed by atoms with E-state index in [0.29, 0.717) is 19.6 Å². The van der Waals surface area contributed by atoms with E-state index in [9.17, 15) is 4.79 Å². The molecule has 2 heterocycles. The monoisotopic (exact) mass is 354 g/mol. The largest absolute Gasteiger partial charge is 0.463 e. The van der Waals surface area contributed by atoms with Gasteiger partial charge in [0.2, 0.25) is 0 Å². The number of allylic oxidation sites excluding steroid dienone is 1. The van der Waals surface area contributed by atoms with E-state index in [2.05, 4.69) is 0 Å². The lowest BCUT2D eigenvalue weighted by molar-refractivity contribution is -0.153. The Balaban J connectivity index is 2.04. The lowest BCUT2D eigenvalue weighted by Gasteiger charge is -2.37. The van der Waals surface area contributed by atoms with Crippen LogP contribution in [0, 0.1) is 5.92 Å². The first kappa shape index (κ1) is 20.1. The van der Waals surface area contributed by atoms with Gasteiger partial charge in [-0.3, -0.25) is 0 Å². The minimum absolute atomic E-state index is 0.0327. The summed E-state index contributed by atoms with van der Waals surface area (Å²) in [7, 11) is 0. The Morgan fingerprint density at radius 3 is 2.68 bits per heavy atom. The van der Waals surface area contributed by atoms with Crippen molar-refractivity contribution in [3.63, 3.8) is 0 Å². The van der Waals surface area contributed by atoms with Gasteiger partial charge in [0.25, 0.3) is 0 Å². The Labute approximate surface area is 149 Å². The van der Waals surface area contributed by atoms with Gasteiger partial charge < -0.3 is 24.1 Å². The zero-order chi connectivity index (χ0) is 18.4. The topological polar surface area (TPSA) is 74.2 Å². The number of aliphatic hydroxyl groups is 1. The predicted molar refractivity (Wildman–Crippen MR) is 92.9 cm³/mol. The van der Waals surface area contributed by atoms with E-state index in [1.54, 1.807) is 13.0 Å². The van der Waals surface area contributed by atoms with Gasteiger partial charge in [-0.25, -0.2) is 4.79 Å². The molecule has 0 aromatic heterocycles. The van der Waals surface area contributed by atoms with Crippen molar-refractivity contribution >= 4 is 5.97 Å². The highest BCUT2D eigenvalue weighted by Crippen LogP contribution is 2.40. The van der Waals surface area contributed by atoms with Gasteiger partial charge in [0.1, 0.15) is 6.10 Å². The van der Waals surface area contributed by atoms with Gasteiger partial charge in [-0.2, -0.15) is 0 Å². The van der Waals surface area contributed by atoms with Crippen molar-refractivity contribution in [3.05, 3.63) is 23.8 Å². The van der Waals surface area contributed by atoms with Crippen LogP contribution in [0.15, 0.2) is 23.8 Å². The van der Waals surface area contributed by atoms with Gasteiger partial charge in [-0.05, 0) is 40.5 Å². The second kappa shape index (κ2) is 8.94. The van der Waals surface area contributed by atoms with Crippen LogP contribution in [-0.4, -0.2) is 55.0 Å². The average molecular weight is 354 g/mol. The molecule has 0 unspecified atom stereocenters. The molecule has 2 aliphatic heterocycles. The van der Waals surface area contributed by atoms with E-state index < -0.39 is 5.79 Å². The Kier molecular flexibility index (Phi) is 7.19. The molecule has 4 atom stereocenters. The molecule has 0 aromatic carbocycles. The second-order valence-electron chi connectivity index (χ2n) is 7.03. The first-order chi connectivity index (χ1) is 11.9. The number of esters is 1. The summed E-state index contributed by atoms with van der Waals surface area (Å²) < 4.78 is 23.2. The third-order valence-corrected chi connectivity index (χ3v) is 4.40. The fourth-order valence-electron chi connectivity index (χ4n) is 3.39. The number of aliphatic hydroxyl groups excluding tert-OH is 1. The minimum Gasteiger partial charge on any atom is -0.463 e. The van der Waals surface area contributed by atoms with Crippen molar-refractivity contribution in [2.24, 2.45) is 5.92 Å². The van der Waals surface area contributed by atoms with E-state index in [1.165, 1.54) is 6.08 Å². The van der Waals surface area contributed by atoms with Gasteiger partial charge in [0.15, 0.2) is 5.79 Å². The Bertz CT molecular complexity index is 510. The second-order valence-corrected chi connectivity index (χ2v) is 7.03. The molecule has 0 radical (unpaired) electrons. The zero-order valence-corrected chi connectivity index (χ0v) is 15.6. The number of carbonyl (C=O) groups excluding carboxylic acids is 1. The lowest BCUT2D eigenvalue weighted by Crippen LogP contribution is -2.48. The number of carbonyl (C=O) groups is 1. The summed E-state index contributed by atoms with van der Waals surface area (Å²) in [5.41, 5.74) is 0.897. The highest BCUT2D eigenvalue weighted by atomic mass is 16.8. The van der Waals surface area contributed by atoms with Crippen LogP contribution in [0.25, 0.3) is 0 Å². The molecule has 0 aromatic rings. The molecule has 0 amide bonds. The molecule has 2 rings (SSSR count). The average Bonchev–Trinajstić information content (AvgIpc) is 2.85. The van der Waals surface area contributed by atoms with Crippen molar-refractivity contribution in [2.75, 3.05) is 19.8 Å². The third kappa shape index (κ3) is 5.64. The standard InChI is InChI=1S/C19H30O6/c1-5-22-16(21)11-13(2)10-15-18-17(24-19(3,4)25-18)14(12-23-15)8-6-7-9-20/h6-7,11,14-15,17-18,20H,5,8-10,12H2,1-4H3/b7-6+,13-11+/t14-,15-,17+,18-/m0/s1. The van der Waals surface area contributed by atoms with E-state index in [-0.39, 0.29) is 36.8 Å². The molecular formula is C19H30O6. The van der Waals surface area contributed by atoms with Crippen LogP contribution in [0.3, 0.4) is 0 Å². The van der Waals surface area contributed by atoms with Crippen LogP contribution in [0.4, 0.5) is 0 Å². The van der Waals surface area contributed by atoms with Crippen molar-refractivity contribution in [2.45, 2.75) is 64.6 Å². The summed E-state index contributed by atoms with van der Waals surface area (Å²) in [6.07, 6.45) is 6.16. The number of hydrogen-bond acceptors (Lipinski definition) is 6. The summed E-state index contributed by atoms with van der Waals surface area (Å²) in [5.74, 6) is -0.803. The fraction of sp³-hybridized carbons (Fsp3) is 0.737. The van der Waals surface area contributed by atoms with Crippen LogP contribution in [0.5, 0.6) is 0 Å². The van der Waals surface area contributed by atoms with Gasteiger partial charge in [-0.1, -0.05) is 17.7 Å². The quantitative estimate of drug-likeness (QED) is 0.430. The molecule has 6 heteroatoms. The van der Waals surface area contributed by atoms with Gasteiger partial charge in [0, 0.05) is 12.0 Å². The van der Waals surface area contributed by atoms with Gasteiger partial charge in [0.05, 0.1) is 32.0 Å². The Morgan fingerprint density at radius 1 is 1.28 bits per heavy atom. The lowest BCUT2D eigenvalue weighted by atomic mass is 9.87. The normalized spacial score (nSPS) is 32.0. The molecule has 0 saturated carbocycles. The predicted octanol–water partition coefficient (Wildman–Crippen LogP) is 2.36. The van der Waals surface area contributed by atoms with Crippen LogP contribution in [0.2, 0.25) is 0 Å². The van der Waals surface area contributed by atoms with E-state index in [4.69, 9.17) is 24.1 Å². The fourth-order valence-corrected chi connectivity index (χ4v) is 3.39. The van der Waals surface area contributed by atoms with Crippen LogP contribution in [-0.2, 0) is 23.7 Å². The molecule has 1 N–H and O–H groups in total. The van der Waals surface area contributed by atoms with Crippen molar-refractivity contribution in [3.8, 4) is 0 Å². The van der Waals surface area contributed by atoms with Crippen LogP contribution >= 0.6 is 0 Å². The van der Waals surface area contributed by atoms with Crippen LogP contribution < -0.4 is 0 Å².